The fraction of sp³-hybridized carbons (Fsp3) is 0.683. The van der Waals surface area contributed by atoms with E-state index >= 15 is 0 Å². The van der Waals surface area contributed by atoms with Gasteiger partial charge < -0.3 is 20.1 Å². The van der Waals surface area contributed by atoms with Crippen LogP contribution in [-0.4, -0.2) is 49.3 Å². The van der Waals surface area contributed by atoms with Crippen LogP contribution < -0.4 is 5.73 Å². The van der Waals surface area contributed by atoms with E-state index in [1.54, 1.807) is 0 Å². The molecular weight excluding hydrogens is 930 g/mol. The van der Waals surface area contributed by atoms with Gasteiger partial charge in [0.25, 0.3) is 0 Å². The van der Waals surface area contributed by atoms with Gasteiger partial charge in [-0.1, -0.05) is 245 Å². The molecule has 0 aromatic rings. The summed E-state index contributed by atoms with van der Waals surface area (Å²) in [5.74, 6) is -0.855. The molecule has 0 saturated carbocycles. The van der Waals surface area contributed by atoms with E-state index in [9.17, 15) is 19.0 Å². The zero-order valence-electron chi connectivity index (χ0n) is 46.6. The van der Waals surface area contributed by atoms with Crippen LogP contribution in [0.15, 0.2) is 109 Å². The number of carbonyl (C=O) groups is 2. The molecule has 73 heavy (non-hydrogen) atoms. The van der Waals surface area contributed by atoms with Crippen LogP contribution in [0.2, 0.25) is 0 Å². The molecule has 0 aliphatic heterocycles. The lowest BCUT2D eigenvalue weighted by Crippen LogP contribution is -2.29. The number of phosphoric acid groups is 1. The molecule has 0 radical (unpaired) electrons. The maximum absolute atomic E-state index is 12.7. The van der Waals surface area contributed by atoms with E-state index in [1.165, 1.54) is 103 Å². The van der Waals surface area contributed by atoms with Crippen molar-refractivity contribution < 1.29 is 37.6 Å². The summed E-state index contributed by atoms with van der Waals surface area (Å²) in [7, 11) is -4.40. The maximum atomic E-state index is 12.7. The largest absolute Gasteiger partial charge is 0.472 e. The van der Waals surface area contributed by atoms with Gasteiger partial charge in [0.1, 0.15) is 6.61 Å². The number of nitrogens with two attached hydrogens (primary N) is 1. The first-order chi connectivity index (χ1) is 35.8. The van der Waals surface area contributed by atoms with Gasteiger partial charge in [-0.05, 0) is 96.3 Å². The first-order valence-electron chi connectivity index (χ1n) is 29.4. The molecule has 0 aromatic heterocycles. The van der Waals surface area contributed by atoms with Crippen molar-refractivity contribution >= 4 is 19.8 Å². The Hall–Kier alpha value is -3.33. The standard InChI is InChI=1S/C63H108NO8P/c1-3-5-7-9-11-13-15-17-19-21-22-23-24-25-26-27-28-29-30-31-32-33-34-35-36-37-38-40-42-44-46-48-50-52-54-56-63(66)72-61(60-71-73(67,68)70-58-57-64)59-69-62(65)55-53-51-49-47-45-43-41-39-20-18-16-14-12-10-8-6-4-2/h5-8,11-14,17-20,22-23,25-26,41,43,61H,3-4,9-10,15-16,21,24,27-40,42,44-60,64H2,1-2H3,(H,67,68)/b7-5-,8-6-,13-11-,14-12-,19-17-,20-18-,23-22-,26-25-,43-41-. The summed E-state index contributed by atoms with van der Waals surface area (Å²) in [4.78, 5) is 35.1. The van der Waals surface area contributed by atoms with Crippen molar-refractivity contribution in [1.82, 2.24) is 0 Å². The van der Waals surface area contributed by atoms with Crippen LogP contribution in [0, 0.1) is 0 Å². The van der Waals surface area contributed by atoms with Gasteiger partial charge in [0, 0.05) is 19.4 Å². The summed E-state index contributed by atoms with van der Waals surface area (Å²) in [6, 6.07) is 0. The Bertz CT molecular complexity index is 1560. The molecule has 0 heterocycles. The van der Waals surface area contributed by atoms with Gasteiger partial charge in [-0.3, -0.25) is 18.6 Å². The Kier molecular flexibility index (Phi) is 55.3. The van der Waals surface area contributed by atoms with E-state index in [1.807, 2.05) is 0 Å². The van der Waals surface area contributed by atoms with E-state index in [2.05, 4.69) is 123 Å². The number of ether oxygens (including phenoxy) is 2. The Morgan fingerprint density at radius 3 is 1.05 bits per heavy atom. The molecular formula is C63H108NO8P. The number of allylic oxidation sites excluding steroid dienone is 18. The first kappa shape index (κ1) is 69.7. The molecule has 0 fully saturated rings. The third kappa shape index (κ3) is 57.8. The molecule has 0 aromatic carbocycles. The SMILES string of the molecule is CC/C=C\C/C=C\C/C=C\C/C=C\C/C=C\CCCCCCCCCCCCCCCCCCCCCC(=O)OC(COC(=O)CCCCCC/C=C\C/C=C\C/C=C\C/C=C\CC)COP(=O)(O)OCCN. The number of hydrogen-bond donors (Lipinski definition) is 2. The highest BCUT2D eigenvalue weighted by Gasteiger charge is 2.26. The summed E-state index contributed by atoms with van der Waals surface area (Å²) >= 11 is 0. The summed E-state index contributed by atoms with van der Waals surface area (Å²) in [6.45, 7) is 3.49. The smallest absolute Gasteiger partial charge is 0.462 e. The molecule has 0 bridgehead atoms. The number of hydrogen-bond acceptors (Lipinski definition) is 8. The number of esters is 2. The van der Waals surface area contributed by atoms with Gasteiger partial charge in [-0.15, -0.1) is 0 Å². The minimum absolute atomic E-state index is 0.0460. The summed E-state index contributed by atoms with van der Waals surface area (Å²) in [5.41, 5.74) is 5.38. The molecule has 0 aliphatic rings. The van der Waals surface area contributed by atoms with E-state index < -0.39 is 32.5 Å². The van der Waals surface area contributed by atoms with Crippen LogP contribution >= 0.6 is 7.82 Å². The molecule has 0 amide bonds. The summed E-state index contributed by atoms with van der Waals surface area (Å²) in [6.07, 6.45) is 78.7. The van der Waals surface area contributed by atoms with Crippen molar-refractivity contribution in [2.45, 2.75) is 251 Å². The van der Waals surface area contributed by atoms with Gasteiger partial charge in [0.05, 0.1) is 13.2 Å². The fourth-order valence-corrected chi connectivity index (χ4v) is 8.65. The van der Waals surface area contributed by atoms with E-state index in [0.29, 0.717) is 12.8 Å². The van der Waals surface area contributed by atoms with Gasteiger partial charge in [-0.2, -0.15) is 0 Å². The number of rotatable bonds is 54. The third-order valence-corrected chi connectivity index (χ3v) is 13.1. The predicted octanol–water partition coefficient (Wildman–Crippen LogP) is 18.6. The van der Waals surface area contributed by atoms with Gasteiger partial charge in [-0.25, -0.2) is 4.57 Å². The Morgan fingerprint density at radius 2 is 0.712 bits per heavy atom. The first-order valence-corrected chi connectivity index (χ1v) is 30.9. The molecule has 9 nitrogen and oxygen atoms in total. The molecule has 0 rings (SSSR count). The lowest BCUT2D eigenvalue weighted by atomic mass is 10.0. The lowest BCUT2D eigenvalue weighted by Gasteiger charge is -2.19. The molecule has 0 spiro atoms. The van der Waals surface area contributed by atoms with Crippen LogP contribution in [0.25, 0.3) is 0 Å². The molecule has 2 unspecified atom stereocenters. The molecule has 0 saturated heterocycles. The number of carbonyl (C=O) groups excluding carboxylic acids is 2. The second-order valence-corrected chi connectivity index (χ2v) is 20.6. The average Bonchev–Trinajstić information content (AvgIpc) is 3.38. The molecule has 418 valence electrons. The van der Waals surface area contributed by atoms with Crippen molar-refractivity contribution in [1.29, 1.82) is 0 Å². The molecule has 2 atom stereocenters. The lowest BCUT2D eigenvalue weighted by molar-refractivity contribution is -0.161. The van der Waals surface area contributed by atoms with Gasteiger partial charge in [0.2, 0.25) is 0 Å². The zero-order chi connectivity index (χ0) is 53.1. The predicted molar refractivity (Wildman–Crippen MR) is 311 cm³/mol. The van der Waals surface area contributed by atoms with Crippen LogP contribution in [0.4, 0.5) is 0 Å². The second-order valence-electron chi connectivity index (χ2n) is 19.1. The molecule has 0 aliphatic carbocycles. The van der Waals surface area contributed by atoms with Crippen molar-refractivity contribution in [2.24, 2.45) is 5.73 Å². The highest BCUT2D eigenvalue weighted by Crippen LogP contribution is 2.43. The third-order valence-electron chi connectivity index (χ3n) is 12.2. The molecule has 3 N–H and O–H groups in total. The topological polar surface area (TPSA) is 134 Å². The molecule has 10 heteroatoms. The Morgan fingerprint density at radius 1 is 0.411 bits per heavy atom. The van der Waals surface area contributed by atoms with Crippen LogP contribution in [0.5, 0.6) is 0 Å². The van der Waals surface area contributed by atoms with Crippen molar-refractivity contribution in [3.63, 3.8) is 0 Å². The average molecular weight is 1040 g/mol. The van der Waals surface area contributed by atoms with Crippen molar-refractivity contribution in [2.75, 3.05) is 26.4 Å². The summed E-state index contributed by atoms with van der Waals surface area (Å²) in [5, 5.41) is 0. The highest BCUT2D eigenvalue weighted by atomic mass is 31.2. The van der Waals surface area contributed by atoms with Crippen molar-refractivity contribution in [3.05, 3.63) is 109 Å². The normalized spacial score (nSPS) is 13.9. The number of phosphoric ester groups is 1. The number of unbranched alkanes of at least 4 members (excludes halogenated alkanes) is 23. The zero-order valence-corrected chi connectivity index (χ0v) is 47.5. The minimum atomic E-state index is -4.40. The van der Waals surface area contributed by atoms with Crippen molar-refractivity contribution in [3.8, 4) is 0 Å². The van der Waals surface area contributed by atoms with Crippen LogP contribution in [-0.2, 0) is 32.7 Å². The fourth-order valence-electron chi connectivity index (χ4n) is 7.89. The maximum Gasteiger partial charge on any atom is 0.472 e. The van der Waals surface area contributed by atoms with E-state index in [4.69, 9.17) is 24.3 Å². The highest BCUT2D eigenvalue weighted by molar-refractivity contribution is 7.47. The quantitative estimate of drug-likeness (QED) is 0.0264. The Balaban J connectivity index is 3.91. The van der Waals surface area contributed by atoms with Crippen LogP contribution in [0.3, 0.4) is 0 Å². The van der Waals surface area contributed by atoms with E-state index in [0.717, 1.165) is 103 Å². The van der Waals surface area contributed by atoms with E-state index in [-0.39, 0.29) is 32.6 Å². The minimum Gasteiger partial charge on any atom is -0.462 e. The monoisotopic (exact) mass is 1040 g/mol. The summed E-state index contributed by atoms with van der Waals surface area (Å²) < 4.78 is 33.0. The second kappa shape index (κ2) is 57.9. The Labute approximate surface area is 448 Å². The van der Waals surface area contributed by atoms with Gasteiger partial charge >= 0.3 is 19.8 Å². The van der Waals surface area contributed by atoms with Gasteiger partial charge in [0.15, 0.2) is 6.10 Å². The van der Waals surface area contributed by atoms with Crippen LogP contribution in [0.1, 0.15) is 245 Å².